The molecule has 0 aliphatic heterocycles. The molecule has 1 amide bonds. The molecule has 0 spiro atoms. The molecule has 0 fully saturated rings. The lowest BCUT2D eigenvalue weighted by molar-refractivity contribution is 0.102. The molecule has 1 heterocycles. The zero-order valence-corrected chi connectivity index (χ0v) is 16.1. The van der Waals surface area contributed by atoms with Gasteiger partial charge in [-0.25, -0.2) is 9.97 Å². The first-order valence-electron chi connectivity index (χ1n) is 9.34. The van der Waals surface area contributed by atoms with Gasteiger partial charge in [-0.1, -0.05) is 30.3 Å². The van der Waals surface area contributed by atoms with Gasteiger partial charge >= 0.3 is 0 Å². The van der Waals surface area contributed by atoms with Crippen LogP contribution in [0.15, 0.2) is 67.0 Å². The maximum atomic E-state index is 12.5. The van der Waals surface area contributed by atoms with E-state index < -0.39 is 0 Å². The van der Waals surface area contributed by atoms with E-state index in [-0.39, 0.29) is 11.6 Å². The van der Waals surface area contributed by atoms with Gasteiger partial charge in [-0.2, -0.15) is 0 Å². The molecule has 1 N–H and O–H groups in total. The standard InChI is InChI=1S/C22H24N4O2/c1-3-26(4-2)19-12-10-18(11-13-19)25-22(27)20-14-21(24-16-23-20)28-15-17-8-6-5-7-9-17/h5-14,16H,3-4,15H2,1-2H3,(H,25,27). The van der Waals surface area contributed by atoms with Gasteiger partial charge in [0, 0.05) is 30.5 Å². The highest BCUT2D eigenvalue weighted by Gasteiger charge is 2.10. The lowest BCUT2D eigenvalue weighted by atomic mass is 10.2. The molecule has 144 valence electrons. The number of carbonyl (C=O) groups is 1. The zero-order chi connectivity index (χ0) is 19.8. The average molecular weight is 376 g/mol. The summed E-state index contributed by atoms with van der Waals surface area (Å²) in [6, 6.07) is 19.1. The SMILES string of the molecule is CCN(CC)c1ccc(NC(=O)c2cc(OCc3ccccc3)ncn2)cc1. The molecule has 3 rings (SSSR count). The summed E-state index contributed by atoms with van der Waals surface area (Å²) in [5, 5.41) is 2.86. The second kappa shape index (κ2) is 9.50. The number of aromatic nitrogens is 2. The Labute approximate surface area is 165 Å². The third-order valence-corrected chi connectivity index (χ3v) is 4.36. The first-order chi connectivity index (χ1) is 13.7. The van der Waals surface area contributed by atoms with Gasteiger partial charge in [-0.3, -0.25) is 4.79 Å². The Kier molecular flexibility index (Phi) is 6.57. The van der Waals surface area contributed by atoms with Gasteiger partial charge in [0.25, 0.3) is 5.91 Å². The van der Waals surface area contributed by atoms with Gasteiger partial charge in [0.05, 0.1) is 0 Å². The minimum absolute atomic E-state index is 0.255. The van der Waals surface area contributed by atoms with Crippen LogP contribution in [0.1, 0.15) is 29.9 Å². The monoisotopic (exact) mass is 376 g/mol. The van der Waals surface area contributed by atoms with Crippen molar-refractivity contribution in [1.29, 1.82) is 0 Å². The van der Waals surface area contributed by atoms with E-state index in [4.69, 9.17) is 4.74 Å². The summed E-state index contributed by atoms with van der Waals surface area (Å²) in [7, 11) is 0. The number of benzene rings is 2. The summed E-state index contributed by atoms with van der Waals surface area (Å²) in [4.78, 5) is 22.9. The maximum Gasteiger partial charge on any atom is 0.274 e. The third-order valence-electron chi connectivity index (χ3n) is 4.36. The van der Waals surface area contributed by atoms with Crippen molar-refractivity contribution < 1.29 is 9.53 Å². The van der Waals surface area contributed by atoms with Crippen molar-refractivity contribution >= 4 is 17.3 Å². The number of nitrogens with one attached hydrogen (secondary N) is 1. The first kappa shape index (κ1) is 19.4. The lowest BCUT2D eigenvalue weighted by Crippen LogP contribution is -2.21. The summed E-state index contributed by atoms with van der Waals surface area (Å²) in [5.41, 5.74) is 3.12. The molecule has 6 nitrogen and oxygen atoms in total. The van der Waals surface area contributed by atoms with Crippen LogP contribution in [0.4, 0.5) is 11.4 Å². The molecular weight excluding hydrogens is 352 g/mol. The molecule has 2 aromatic carbocycles. The van der Waals surface area contributed by atoms with Gasteiger partial charge in [-0.05, 0) is 43.7 Å². The lowest BCUT2D eigenvalue weighted by Gasteiger charge is -2.21. The molecule has 0 aliphatic carbocycles. The molecule has 3 aromatic rings. The number of amides is 1. The molecule has 0 radical (unpaired) electrons. The van der Waals surface area contributed by atoms with Gasteiger partial charge in [-0.15, -0.1) is 0 Å². The molecule has 0 bridgehead atoms. The minimum Gasteiger partial charge on any atom is -0.473 e. The summed E-state index contributed by atoms with van der Waals surface area (Å²) in [6.07, 6.45) is 1.33. The van der Waals surface area contributed by atoms with E-state index in [1.54, 1.807) is 6.07 Å². The van der Waals surface area contributed by atoms with Gasteiger partial charge in [0.1, 0.15) is 18.6 Å². The van der Waals surface area contributed by atoms with E-state index in [9.17, 15) is 4.79 Å². The largest absolute Gasteiger partial charge is 0.473 e. The summed E-state index contributed by atoms with van der Waals surface area (Å²) in [6.45, 7) is 6.49. The van der Waals surface area contributed by atoms with Crippen LogP contribution in [-0.2, 0) is 6.61 Å². The molecular formula is C22H24N4O2. The van der Waals surface area contributed by atoms with Gasteiger partial charge in [0.2, 0.25) is 5.88 Å². The summed E-state index contributed by atoms with van der Waals surface area (Å²) in [5.74, 6) is 0.0587. The van der Waals surface area contributed by atoms with Crippen LogP contribution in [-0.4, -0.2) is 29.0 Å². The van der Waals surface area contributed by atoms with Crippen molar-refractivity contribution in [2.45, 2.75) is 20.5 Å². The predicted molar refractivity (Wildman–Crippen MR) is 111 cm³/mol. The van der Waals surface area contributed by atoms with Crippen LogP contribution in [0.25, 0.3) is 0 Å². The van der Waals surface area contributed by atoms with Crippen molar-refractivity contribution in [1.82, 2.24) is 9.97 Å². The van der Waals surface area contributed by atoms with Crippen LogP contribution in [0.3, 0.4) is 0 Å². The van der Waals surface area contributed by atoms with Gasteiger partial charge in [0.15, 0.2) is 0 Å². The van der Waals surface area contributed by atoms with E-state index >= 15 is 0 Å². The van der Waals surface area contributed by atoms with E-state index in [2.05, 4.69) is 34.0 Å². The Morgan fingerprint density at radius 2 is 1.71 bits per heavy atom. The van der Waals surface area contributed by atoms with Crippen molar-refractivity contribution in [3.8, 4) is 5.88 Å². The van der Waals surface area contributed by atoms with E-state index in [1.807, 2.05) is 54.6 Å². The van der Waals surface area contributed by atoms with Crippen molar-refractivity contribution in [3.63, 3.8) is 0 Å². The highest BCUT2D eigenvalue weighted by Crippen LogP contribution is 2.18. The van der Waals surface area contributed by atoms with E-state index in [0.29, 0.717) is 18.2 Å². The van der Waals surface area contributed by atoms with Crippen LogP contribution < -0.4 is 15.0 Å². The molecule has 1 aromatic heterocycles. The highest BCUT2D eigenvalue weighted by molar-refractivity contribution is 6.03. The number of anilines is 2. The molecule has 0 unspecified atom stereocenters. The van der Waals surface area contributed by atoms with Crippen LogP contribution in [0, 0.1) is 0 Å². The molecule has 0 saturated heterocycles. The van der Waals surface area contributed by atoms with E-state index in [1.165, 1.54) is 6.33 Å². The molecule has 6 heteroatoms. The van der Waals surface area contributed by atoms with Crippen molar-refractivity contribution in [2.75, 3.05) is 23.3 Å². The quantitative estimate of drug-likeness (QED) is 0.640. The second-order valence-electron chi connectivity index (χ2n) is 6.19. The fraction of sp³-hybridized carbons (Fsp3) is 0.227. The number of nitrogens with zero attached hydrogens (tertiary/aromatic N) is 3. The second-order valence-corrected chi connectivity index (χ2v) is 6.19. The smallest absolute Gasteiger partial charge is 0.274 e. The minimum atomic E-state index is -0.303. The normalized spacial score (nSPS) is 10.4. The Bertz CT molecular complexity index is 894. The van der Waals surface area contributed by atoms with Crippen molar-refractivity contribution in [3.05, 3.63) is 78.2 Å². The fourth-order valence-electron chi connectivity index (χ4n) is 2.81. The van der Waals surface area contributed by atoms with E-state index in [0.717, 1.165) is 24.3 Å². The Morgan fingerprint density at radius 1 is 1.00 bits per heavy atom. The van der Waals surface area contributed by atoms with Crippen LogP contribution in [0.2, 0.25) is 0 Å². The zero-order valence-electron chi connectivity index (χ0n) is 16.1. The Hall–Kier alpha value is -3.41. The molecule has 0 atom stereocenters. The summed E-state index contributed by atoms with van der Waals surface area (Å²) >= 11 is 0. The Morgan fingerprint density at radius 3 is 2.39 bits per heavy atom. The van der Waals surface area contributed by atoms with Crippen molar-refractivity contribution in [2.24, 2.45) is 0 Å². The number of carbonyl (C=O) groups excluding carboxylic acids is 1. The molecule has 28 heavy (non-hydrogen) atoms. The van der Waals surface area contributed by atoms with Gasteiger partial charge < -0.3 is 15.0 Å². The summed E-state index contributed by atoms with van der Waals surface area (Å²) < 4.78 is 5.66. The number of rotatable bonds is 8. The number of hydrogen-bond acceptors (Lipinski definition) is 5. The molecule has 0 aliphatic rings. The highest BCUT2D eigenvalue weighted by atomic mass is 16.5. The number of hydrogen-bond donors (Lipinski definition) is 1. The third kappa shape index (κ3) is 5.07. The Balaban J connectivity index is 1.62. The molecule has 0 saturated carbocycles. The first-order valence-corrected chi connectivity index (χ1v) is 9.34. The topological polar surface area (TPSA) is 67.4 Å². The predicted octanol–water partition coefficient (Wildman–Crippen LogP) is 4.15. The van der Waals surface area contributed by atoms with Crippen LogP contribution in [0.5, 0.6) is 5.88 Å². The number of ether oxygens (including phenoxy) is 1. The maximum absolute atomic E-state index is 12.5. The average Bonchev–Trinajstić information content (AvgIpc) is 2.75. The van der Waals surface area contributed by atoms with Crippen LogP contribution >= 0.6 is 0 Å². The fourth-order valence-corrected chi connectivity index (χ4v) is 2.81.